The van der Waals surface area contributed by atoms with Gasteiger partial charge in [-0.1, -0.05) is 6.92 Å². The molecule has 1 saturated heterocycles. The van der Waals surface area contributed by atoms with Crippen molar-refractivity contribution < 1.29 is 8.78 Å². The van der Waals surface area contributed by atoms with Gasteiger partial charge < -0.3 is 4.90 Å². The third-order valence-corrected chi connectivity index (χ3v) is 3.83. The van der Waals surface area contributed by atoms with E-state index >= 15 is 0 Å². The Labute approximate surface area is 112 Å². The molecule has 2 atom stereocenters. The number of hydrogen-bond acceptors (Lipinski definition) is 1. The van der Waals surface area contributed by atoms with Gasteiger partial charge in [-0.25, -0.2) is 8.78 Å². The fraction of sp³-hybridized carbons (Fsp3) is 0.571. The summed E-state index contributed by atoms with van der Waals surface area (Å²) < 4.78 is 26.7. The summed E-state index contributed by atoms with van der Waals surface area (Å²) in [6.07, 6.45) is 2.38. The normalized spacial score (nSPS) is 23.0. The topological polar surface area (TPSA) is 3.24 Å². The van der Waals surface area contributed by atoms with Crippen LogP contribution in [-0.4, -0.2) is 24.5 Å². The molecule has 0 N–H and O–H groups in total. The zero-order valence-corrected chi connectivity index (χ0v) is 11.3. The van der Waals surface area contributed by atoms with E-state index in [1.807, 2.05) is 0 Å². The molecule has 1 nitrogen and oxygen atoms in total. The van der Waals surface area contributed by atoms with Crippen molar-refractivity contribution in [3.63, 3.8) is 0 Å². The molecule has 1 heterocycles. The van der Waals surface area contributed by atoms with Crippen molar-refractivity contribution >= 4 is 11.6 Å². The molecular weight excluding hydrogens is 256 g/mol. The van der Waals surface area contributed by atoms with E-state index in [1.54, 1.807) is 0 Å². The quantitative estimate of drug-likeness (QED) is 0.753. The van der Waals surface area contributed by atoms with Crippen LogP contribution in [0.1, 0.15) is 30.7 Å². The van der Waals surface area contributed by atoms with Gasteiger partial charge in [0.1, 0.15) is 11.6 Å². The van der Waals surface area contributed by atoms with Gasteiger partial charge in [0.25, 0.3) is 0 Å². The molecule has 4 heteroatoms. The van der Waals surface area contributed by atoms with E-state index in [4.69, 9.17) is 11.6 Å². The molecular formula is C14H18ClF2N. The number of piperidine rings is 1. The van der Waals surface area contributed by atoms with E-state index in [9.17, 15) is 8.78 Å². The smallest absolute Gasteiger partial charge is 0.128 e. The van der Waals surface area contributed by atoms with Gasteiger partial charge in [-0.2, -0.15) is 0 Å². The van der Waals surface area contributed by atoms with Crippen LogP contribution in [0.2, 0.25) is 0 Å². The van der Waals surface area contributed by atoms with Crippen LogP contribution in [0.25, 0.3) is 0 Å². The van der Waals surface area contributed by atoms with Gasteiger partial charge in [-0.15, -0.1) is 11.6 Å². The Morgan fingerprint density at radius 3 is 2.94 bits per heavy atom. The summed E-state index contributed by atoms with van der Waals surface area (Å²) >= 11 is 6.22. The SMILES string of the molecule is CC1CCCN(CC(Cl)c2cc(F)ccc2F)C1. The molecule has 100 valence electrons. The van der Waals surface area contributed by atoms with Crippen LogP contribution in [0.3, 0.4) is 0 Å². The third-order valence-electron chi connectivity index (χ3n) is 3.46. The van der Waals surface area contributed by atoms with Gasteiger partial charge in [-0.3, -0.25) is 0 Å². The number of benzene rings is 1. The molecule has 0 aromatic heterocycles. The van der Waals surface area contributed by atoms with E-state index in [0.717, 1.165) is 31.6 Å². The monoisotopic (exact) mass is 273 g/mol. The predicted molar refractivity (Wildman–Crippen MR) is 69.8 cm³/mol. The van der Waals surface area contributed by atoms with Crippen molar-refractivity contribution in [3.8, 4) is 0 Å². The Hall–Kier alpha value is -0.670. The van der Waals surface area contributed by atoms with E-state index < -0.39 is 17.0 Å². The summed E-state index contributed by atoms with van der Waals surface area (Å²) in [6.45, 7) is 4.76. The summed E-state index contributed by atoms with van der Waals surface area (Å²) in [5.74, 6) is -0.217. The van der Waals surface area contributed by atoms with E-state index in [-0.39, 0.29) is 5.56 Å². The number of nitrogens with zero attached hydrogens (tertiary/aromatic N) is 1. The minimum atomic E-state index is -0.494. The van der Waals surface area contributed by atoms with Gasteiger partial charge in [-0.05, 0) is 43.5 Å². The molecule has 18 heavy (non-hydrogen) atoms. The van der Waals surface area contributed by atoms with Crippen molar-refractivity contribution in [1.82, 2.24) is 4.90 Å². The summed E-state index contributed by atoms with van der Waals surface area (Å²) in [5, 5.41) is -0.494. The molecule has 0 saturated carbocycles. The molecule has 1 aromatic rings. The molecule has 0 radical (unpaired) electrons. The Bertz CT molecular complexity index is 411. The van der Waals surface area contributed by atoms with Crippen LogP contribution in [-0.2, 0) is 0 Å². The van der Waals surface area contributed by atoms with Crippen LogP contribution in [0.4, 0.5) is 8.78 Å². The highest BCUT2D eigenvalue weighted by molar-refractivity contribution is 6.21. The highest BCUT2D eigenvalue weighted by Crippen LogP contribution is 2.27. The molecule has 1 aliphatic heterocycles. The number of hydrogen-bond donors (Lipinski definition) is 0. The van der Waals surface area contributed by atoms with Crippen LogP contribution >= 0.6 is 11.6 Å². The molecule has 0 aliphatic carbocycles. The molecule has 2 unspecified atom stereocenters. The Kier molecular flexibility index (Phi) is 4.57. The lowest BCUT2D eigenvalue weighted by molar-refractivity contribution is 0.183. The first-order chi connectivity index (χ1) is 8.56. The second kappa shape index (κ2) is 5.98. The first kappa shape index (κ1) is 13.8. The van der Waals surface area contributed by atoms with Gasteiger partial charge in [0.15, 0.2) is 0 Å². The van der Waals surface area contributed by atoms with E-state index in [1.165, 1.54) is 12.5 Å². The number of halogens is 3. The highest BCUT2D eigenvalue weighted by Gasteiger charge is 2.21. The molecule has 0 bridgehead atoms. The molecule has 1 aromatic carbocycles. The van der Waals surface area contributed by atoms with E-state index in [2.05, 4.69) is 11.8 Å². The average Bonchev–Trinajstić information content (AvgIpc) is 2.32. The number of rotatable bonds is 3. The Morgan fingerprint density at radius 2 is 2.22 bits per heavy atom. The fourth-order valence-electron chi connectivity index (χ4n) is 2.53. The summed E-state index contributed by atoms with van der Waals surface area (Å²) in [4.78, 5) is 2.23. The van der Waals surface area contributed by atoms with Crippen molar-refractivity contribution in [2.24, 2.45) is 5.92 Å². The Balaban J connectivity index is 2.02. The highest BCUT2D eigenvalue weighted by atomic mass is 35.5. The molecule has 0 amide bonds. The fourth-order valence-corrected chi connectivity index (χ4v) is 2.89. The predicted octanol–water partition coefficient (Wildman–Crippen LogP) is 3.98. The number of alkyl halides is 1. The minimum Gasteiger partial charge on any atom is -0.301 e. The zero-order valence-electron chi connectivity index (χ0n) is 10.5. The minimum absolute atomic E-state index is 0.259. The Morgan fingerprint density at radius 1 is 1.44 bits per heavy atom. The van der Waals surface area contributed by atoms with Crippen LogP contribution in [0.15, 0.2) is 18.2 Å². The lowest BCUT2D eigenvalue weighted by Gasteiger charge is -2.32. The molecule has 1 aliphatic rings. The average molecular weight is 274 g/mol. The van der Waals surface area contributed by atoms with Crippen molar-refractivity contribution in [2.75, 3.05) is 19.6 Å². The summed E-state index contributed by atoms with van der Waals surface area (Å²) in [5.41, 5.74) is 0.259. The van der Waals surface area contributed by atoms with Crippen molar-refractivity contribution in [2.45, 2.75) is 25.1 Å². The van der Waals surface area contributed by atoms with Gasteiger partial charge in [0.2, 0.25) is 0 Å². The van der Waals surface area contributed by atoms with Crippen molar-refractivity contribution in [1.29, 1.82) is 0 Å². The second-order valence-electron chi connectivity index (χ2n) is 5.14. The van der Waals surface area contributed by atoms with Gasteiger partial charge in [0, 0.05) is 18.7 Å². The molecule has 1 fully saturated rings. The summed E-state index contributed by atoms with van der Waals surface area (Å²) in [6, 6.07) is 3.45. The van der Waals surface area contributed by atoms with E-state index in [0.29, 0.717) is 12.5 Å². The van der Waals surface area contributed by atoms with Crippen LogP contribution < -0.4 is 0 Å². The maximum absolute atomic E-state index is 13.6. The van der Waals surface area contributed by atoms with Crippen molar-refractivity contribution in [3.05, 3.63) is 35.4 Å². The third kappa shape index (κ3) is 3.42. The first-order valence-corrected chi connectivity index (χ1v) is 6.81. The van der Waals surface area contributed by atoms with Gasteiger partial charge in [0.05, 0.1) is 5.38 Å². The first-order valence-electron chi connectivity index (χ1n) is 6.37. The molecule has 0 spiro atoms. The van der Waals surface area contributed by atoms with Gasteiger partial charge >= 0.3 is 0 Å². The largest absolute Gasteiger partial charge is 0.301 e. The van der Waals surface area contributed by atoms with Crippen LogP contribution in [0, 0.1) is 17.6 Å². The standard InChI is InChI=1S/C14H18ClF2N/c1-10-3-2-6-18(8-10)9-13(15)12-7-11(16)4-5-14(12)17/h4-5,7,10,13H,2-3,6,8-9H2,1H3. The maximum Gasteiger partial charge on any atom is 0.128 e. The lowest BCUT2D eigenvalue weighted by Crippen LogP contribution is -2.36. The van der Waals surface area contributed by atoms with Crippen LogP contribution in [0.5, 0.6) is 0 Å². The second-order valence-corrected chi connectivity index (χ2v) is 5.67. The summed E-state index contributed by atoms with van der Waals surface area (Å²) in [7, 11) is 0. The zero-order chi connectivity index (χ0) is 13.1. The molecule has 2 rings (SSSR count). The maximum atomic E-state index is 13.6. The lowest BCUT2D eigenvalue weighted by atomic mass is 9.99. The number of likely N-dealkylation sites (tertiary alicyclic amines) is 1.